The predicted molar refractivity (Wildman–Crippen MR) is 105 cm³/mol. The number of nitrogens with zero attached hydrogens (tertiary/aromatic N) is 3. The number of nitriles is 1. The number of nitrogens with one attached hydrogen (secondary N) is 1. The lowest BCUT2D eigenvalue weighted by Gasteiger charge is -2.58. The Morgan fingerprint density at radius 3 is 2.45 bits per heavy atom. The van der Waals surface area contributed by atoms with E-state index in [4.69, 9.17) is 5.26 Å². The van der Waals surface area contributed by atoms with Gasteiger partial charge in [-0.1, -0.05) is 0 Å². The number of rotatable bonds is 2. The summed E-state index contributed by atoms with van der Waals surface area (Å²) in [7, 11) is 0. The molecular formula is C22H32N4O3. The van der Waals surface area contributed by atoms with E-state index in [1.54, 1.807) is 4.90 Å². The standard InChI is InChI=1S/C22H32N4O3/c23-11-14-3-5-26(12-14)21(29)25-4-1-2-18(13-25)24-20(28)22-8-15-6-16(9-22)19(27)17(7-15)10-22/h14-19,27H,1-10,12-13H2,(H,24,28)/t14-,15?,16?,17?,18-,19?,22?/m0/s1. The average Bonchev–Trinajstić information content (AvgIpc) is 3.20. The van der Waals surface area contributed by atoms with Gasteiger partial charge in [-0.25, -0.2) is 4.79 Å². The molecule has 0 radical (unpaired) electrons. The summed E-state index contributed by atoms with van der Waals surface area (Å²) in [5.74, 6) is 1.29. The van der Waals surface area contributed by atoms with Crippen LogP contribution >= 0.6 is 0 Å². The monoisotopic (exact) mass is 400 g/mol. The number of carbonyl (C=O) groups excluding carboxylic acids is 2. The molecule has 29 heavy (non-hydrogen) atoms. The molecule has 7 heteroatoms. The second-order valence-corrected chi connectivity index (χ2v) is 10.3. The van der Waals surface area contributed by atoms with Crippen molar-refractivity contribution < 1.29 is 14.7 Å². The summed E-state index contributed by atoms with van der Waals surface area (Å²) in [6.45, 7) is 2.47. The molecule has 4 bridgehead atoms. The van der Waals surface area contributed by atoms with Crippen molar-refractivity contribution in [2.75, 3.05) is 26.2 Å². The number of hydrogen-bond acceptors (Lipinski definition) is 4. The minimum atomic E-state index is -0.295. The van der Waals surface area contributed by atoms with E-state index in [1.807, 2.05) is 4.90 Å². The van der Waals surface area contributed by atoms with Crippen LogP contribution in [0, 0.1) is 40.4 Å². The second kappa shape index (κ2) is 7.16. The van der Waals surface area contributed by atoms with Gasteiger partial charge in [0.25, 0.3) is 0 Å². The Labute approximate surface area is 172 Å². The van der Waals surface area contributed by atoms with Crippen molar-refractivity contribution >= 4 is 11.9 Å². The van der Waals surface area contributed by atoms with Crippen LogP contribution in [0.15, 0.2) is 0 Å². The number of aliphatic hydroxyl groups excluding tert-OH is 1. The summed E-state index contributed by atoms with van der Waals surface area (Å²) < 4.78 is 0. The molecular weight excluding hydrogens is 368 g/mol. The summed E-state index contributed by atoms with van der Waals surface area (Å²) >= 11 is 0. The van der Waals surface area contributed by atoms with Gasteiger partial charge in [-0.2, -0.15) is 5.26 Å². The Kier molecular flexibility index (Phi) is 4.73. The van der Waals surface area contributed by atoms with Gasteiger partial charge in [0.1, 0.15) is 0 Å². The van der Waals surface area contributed by atoms with Crippen LogP contribution in [0.2, 0.25) is 0 Å². The normalized spacial score (nSPS) is 43.3. The van der Waals surface area contributed by atoms with Gasteiger partial charge in [-0.3, -0.25) is 4.79 Å². The Bertz CT molecular complexity index is 718. The molecule has 7 nitrogen and oxygen atoms in total. The Morgan fingerprint density at radius 1 is 1.03 bits per heavy atom. The highest BCUT2D eigenvalue weighted by atomic mass is 16.3. The Morgan fingerprint density at radius 2 is 1.76 bits per heavy atom. The van der Waals surface area contributed by atoms with Crippen molar-refractivity contribution in [2.45, 2.75) is 63.5 Å². The van der Waals surface area contributed by atoms with Crippen molar-refractivity contribution in [2.24, 2.45) is 29.1 Å². The maximum Gasteiger partial charge on any atom is 0.320 e. The fourth-order valence-corrected chi connectivity index (χ4v) is 7.12. The summed E-state index contributed by atoms with van der Waals surface area (Å²) in [6, 6.07) is 2.29. The molecule has 2 N–H and O–H groups in total. The van der Waals surface area contributed by atoms with Gasteiger partial charge in [0, 0.05) is 32.2 Å². The zero-order chi connectivity index (χ0) is 20.2. The third-order valence-electron chi connectivity index (χ3n) is 8.37. The maximum atomic E-state index is 13.3. The number of urea groups is 1. The van der Waals surface area contributed by atoms with Crippen LogP contribution in [0.4, 0.5) is 4.79 Å². The summed E-state index contributed by atoms with van der Waals surface area (Å²) in [6.07, 6.45) is 7.13. The Balaban J connectivity index is 1.21. The molecule has 0 spiro atoms. The number of aliphatic hydroxyl groups is 1. The lowest BCUT2D eigenvalue weighted by molar-refractivity contribution is -0.163. The third-order valence-corrected chi connectivity index (χ3v) is 8.37. The van der Waals surface area contributed by atoms with Crippen LogP contribution in [0.25, 0.3) is 0 Å². The first kappa shape index (κ1) is 19.2. The molecule has 0 aromatic carbocycles. The van der Waals surface area contributed by atoms with Crippen LogP contribution in [-0.2, 0) is 4.79 Å². The number of piperidine rings is 1. The lowest BCUT2D eigenvalue weighted by Crippen LogP contribution is -2.61. The fourth-order valence-electron chi connectivity index (χ4n) is 7.12. The van der Waals surface area contributed by atoms with E-state index in [-0.39, 0.29) is 35.4 Å². The first-order chi connectivity index (χ1) is 14.0. The maximum absolute atomic E-state index is 13.3. The first-order valence-electron chi connectivity index (χ1n) is 11.4. The Hall–Kier alpha value is -1.81. The van der Waals surface area contributed by atoms with Crippen LogP contribution < -0.4 is 5.32 Å². The highest BCUT2D eigenvalue weighted by Gasteiger charge is 2.58. The minimum Gasteiger partial charge on any atom is -0.393 e. The highest BCUT2D eigenvalue weighted by molar-refractivity contribution is 5.83. The van der Waals surface area contributed by atoms with E-state index in [0.717, 1.165) is 57.9 Å². The quantitative estimate of drug-likeness (QED) is 0.738. The SMILES string of the molecule is N#C[C@@H]1CCN(C(=O)N2CCC[C@H](NC(=O)C34CC5CC(C3)C(O)C(C5)C4)C2)C1. The number of likely N-dealkylation sites (tertiary alicyclic amines) is 2. The zero-order valence-corrected chi connectivity index (χ0v) is 17.1. The molecule has 4 saturated carbocycles. The highest BCUT2D eigenvalue weighted by Crippen LogP contribution is 2.60. The smallest absolute Gasteiger partial charge is 0.320 e. The molecule has 4 aliphatic carbocycles. The van der Waals surface area contributed by atoms with E-state index in [0.29, 0.717) is 37.4 Å². The molecule has 2 aliphatic heterocycles. The minimum absolute atomic E-state index is 0.00694. The molecule has 0 aromatic heterocycles. The van der Waals surface area contributed by atoms with Gasteiger partial charge in [-0.05, 0) is 69.1 Å². The van der Waals surface area contributed by atoms with E-state index < -0.39 is 0 Å². The van der Waals surface area contributed by atoms with Gasteiger partial charge in [-0.15, -0.1) is 0 Å². The average molecular weight is 401 g/mol. The van der Waals surface area contributed by atoms with Crippen molar-refractivity contribution in [3.63, 3.8) is 0 Å². The van der Waals surface area contributed by atoms with Gasteiger partial charge in [0.2, 0.25) is 5.91 Å². The van der Waals surface area contributed by atoms with Gasteiger partial charge < -0.3 is 20.2 Å². The van der Waals surface area contributed by atoms with Crippen LogP contribution in [0.1, 0.15) is 51.4 Å². The number of amides is 3. The predicted octanol–water partition coefficient (Wildman–Crippen LogP) is 1.72. The van der Waals surface area contributed by atoms with Gasteiger partial charge in [0.15, 0.2) is 0 Å². The first-order valence-corrected chi connectivity index (χ1v) is 11.4. The molecule has 2 unspecified atom stereocenters. The largest absolute Gasteiger partial charge is 0.393 e. The molecule has 4 atom stereocenters. The molecule has 2 saturated heterocycles. The van der Waals surface area contributed by atoms with Gasteiger partial charge >= 0.3 is 6.03 Å². The van der Waals surface area contributed by atoms with Crippen molar-refractivity contribution in [3.8, 4) is 6.07 Å². The van der Waals surface area contributed by atoms with Crippen LogP contribution in [0.3, 0.4) is 0 Å². The van der Waals surface area contributed by atoms with Crippen molar-refractivity contribution in [1.29, 1.82) is 5.26 Å². The molecule has 6 fully saturated rings. The van der Waals surface area contributed by atoms with E-state index in [2.05, 4.69) is 11.4 Å². The second-order valence-electron chi connectivity index (χ2n) is 10.3. The fraction of sp³-hybridized carbons (Fsp3) is 0.864. The molecule has 0 aromatic rings. The molecule has 158 valence electrons. The summed E-state index contributed by atoms with van der Waals surface area (Å²) in [5, 5.41) is 22.9. The number of hydrogen-bond donors (Lipinski definition) is 2. The summed E-state index contributed by atoms with van der Waals surface area (Å²) in [5.41, 5.74) is -0.295. The molecule has 2 heterocycles. The van der Waals surface area contributed by atoms with E-state index >= 15 is 0 Å². The van der Waals surface area contributed by atoms with Crippen molar-refractivity contribution in [1.82, 2.24) is 15.1 Å². The van der Waals surface area contributed by atoms with Gasteiger partial charge in [0.05, 0.1) is 23.5 Å². The topological polar surface area (TPSA) is 96.7 Å². The third kappa shape index (κ3) is 3.30. The molecule has 6 aliphatic rings. The zero-order valence-electron chi connectivity index (χ0n) is 17.1. The molecule has 3 amide bonds. The molecule has 6 rings (SSSR count). The van der Waals surface area contributed by atoms with Crippen LogP contribution in [0.5, 0.6) is 0 Å². The number of carbonyl (C=O) groups is 2. The van der Waals surface area contributed by atoms with E-state index in [9.17, 15) is 14.7 Å². The van der Waals surface area contributed by atoms with E-state index in [1.165, 1.54) is 0 Å². The van der Waals surface area contributed by atoms with Crippen LogP contribution in [-0.4, -0.2) is 65.2 Å². The lowest BCUT2D eigenvalue weighted by atomic mass is 9.48. The van der Waals surface area contributed by atoms with Crippen molar-refractivity contribution in [3.05, 3.63) is 0 Å². The summed E-state index contributed by atoms with van der Waals surface area (Å²) in [4.78, 5) is 29.8.